The van der Waals surface area contributed by atoms with Crippen molar-refractivity contribution in [3.63, 3.8) is 0 Å². The van der Waals surface area contributed by atoms with Crippen LogP contribution >= 0.6 is 0 Å². The molecule has 1 aliphatic rings. The van der Waals surface area contributed by atoms with Crippen LogP contribution in [0.5, 0.6) is 0 Å². The number of nitrogens with two attached hydrogens (primary N) is 1. The number of hydrogen-bond donors (Lipinski definition) is 2. The van der Waals surface area contributed by atoms with Gasteiger partial charge in [-0.25, -0.2) is 0 Å². The first-order chi connectivity index (χ1) is 9.03. The van der Waals surface area contributed by atoms with E-state index in [0.29, 0.717) is 18.9 Å². The van der Waals surface area contributed by atoms with Crippen LogP contribution in [-0.2, 0) is 4.79 Å². The maximum atomic E-state index is 11.2. The van der Waals surface area contributed by atoms with E-state index in [2.05, 4.69) is 11.8 Å². The van der Waals surface area contributed by atoms with Crippen LogP contribution in [0.15, 0.2) is 0 Å². The first kappa shape index (κ1) is 16.4. The molecule has 1 fully saturated rings. The molecule has 0 radical (unpaired) electrons. The second-order valence-electron chi connectivity index (χ2n) is 5.89. The van der Waals surface area contributed by atoms with E-state index in [9.17, 15) is 4.79 Å². The van der Waals surface area contributed by atoms with Crippen LogP contribution in [0.25, 0.3) is 0 Å². The highest BCUT2D eigenvalue weighted by Gasteiger charge is 2.31. The van der Waals surface area contributed by atoms with Gasteiger partial charge in [0, 0.05) is 6.04 Å². The second kappa shape index (κ2) is 7.85. The molecule has 2 atom stereocenters. The molecule has 0 spiro atoms. The second-order valence-corrected chi connectivity index (χ2v) is 5.89. The van der Waals surface area contributed by atoms with Gasteiger partial charge in [-0.05, 0) is 51.6 Å². The molecular weight excluding hydrogens is 240 g/mol. The quantitative estimate of drug-likeness (QED) is 0.711. The Labute approximate surface area is 117 Å². The van der Waals surface area contributed by atoms with E-state index in [1.165, 1.54) is 38.6 Å². The van der Waals surface area contributed by atoms with E-state index >= 15 is 0 Å². The van der Waals surface area contributed by atoms with E-state index < -0.39 is 11.5 Å². The topological polar surface area (TPSA) is 66.6 Å². The first-order valence-electron chi connectivity index (χ1n) is 7.79. The van der Waals surface area contributed by atoms with E-state index in [1.54, 1.807) is 0 Å². The molecule has 0 aromatic carbocycles. The minimum Gasteiger partial charge on any atom is -0.480 e. The largest absolute Gasteiger partial charge is 0.480 e. The molecule has 1 saturated heterocycles. The van der Waals surface area contributed by atoms with Gasteiger partial charge in [0.2, 0.25) is 0 Å². The van der Waals surface area contributed by atoms with Gasteiger partial charge < -0.3 is 15.7 Å². The summed E-state index contributed by atoms with van der Waals surface area (Å²) in [4.78, 5) is 13.7. The van der Waals surface area contributed by atoms with Crippen LogP contribution in [0.2, 0.25) is 0 Å². The summed E-state index contributed by atoms with van der Waals surface area (Å²) in [6.45, 7) is 6.26. The summed E-state index contributed by atoms with van der Waals surface area (Å²) < 4.78 is 0. The zero-order chi connectivity index (χ0) is 14.3. The Bertz CT molecular complexity index is 281. The molecule has 4 heteroatoms. The number of carboxylic acid groups (broad SMARTS) is 1. The first-order valence-corrected chi connectivity index (χ1v) is 7.79. The summed E-state index contributed by atoms with van der Waals surface area (Å²) in [7, 11) is 0. The Kier molecular flexibility index (Phi) is 6.80. The molecule has 1 heterocycles. The van der Waals surface area contributed by atoms with Crippen LogP contribution < -0.4 is 5.73 Å². The molecule has 0 aromatic rings. The van der Waals surface area contributed by atoms with Crippen molar-refractivity contribution in [2.24, 2.45) is 5.73 Å². The van der Waals surface area contributed by atoms with E-state index in [0.717, 1.165) is 13.0 Å². The SMILES string of the molecule is CCCC1CCCCN1CCCC(N)(CC)C(=O)O. The number of aliphatic carboxylic acids is 1. The molecule has 1 aliphatic heterocycles. The summed E-state index contributed by atoms with van der Waals surface area (Å²) in [5.41, 5.74) is 4.90. The van der Waals surface area contributed by atoms with Gasteiger partial charge in [-0.3, -0.25) is 4.79 Å². The van der Waals surface area contributed by atoms with Crippen molar-refractivity contribution in [2.45, 2.75) is 76.8 Å². The Balaban J connectivity index is 2.39. The van der Waals surface area contributed by atoms with Crippen molar-refractivity contribution in [3.8, 4) is 0 Å². The third kappa shape index (κ3) is 4.77. The number of nitrogens with zero attached hydrogens (tertiary/aromatic N) is 1. The molecule has 0 saturated carbocycles. The van der Waals surface area contributed by atoms with Crippen molar-refractivity contribution in [3.05, 3.63) is 0 Å². The van der Waals surface area contributed by atoms with Gasteiger partial charge in [-0.1, -0.05) is 26.7 Å². The maximum absolute atomic E-state index is 11.2. The molecule has 2 unspecified atom stereocenters. The van der Waals surface area contributed by atoms with Crippen molar-refractivity contribution in [1.82, 2.24) is 4.90 Å². The molecule has 0 bridgehead atoms. The number of carbonyl (C=O) groups is 1. The summed E-state index contributed by atoms with van der Waals surface area (Å²) in [5, 5.41) is 9.17. The molecule has 4 nitrogen and oxygen atoms in total. The Morgan fingerprint density at radius 1 is 1.42 bits per heavy atom. The van der Waals surface area contributed by atoms with Crippen LogP contribution in [-0.4, -0.2) is 40.6 Å². The molecule has 0 aromatic heterocycles. The Morgan fingerprint density at radius 3 is 2.74 bits per heavy atom. The fraction of sp³-hybridized carbons (Fsp3) is 0.933. The fourth-order valence-corrected chi connectivity index (χ4v) is 3.05. The minimum atomic E-state index is -1.03. The Morgan fingerprint density at radius 2 is 2.16 bits per heavy atom. The van der Waals surface area contributed by atoms with E-state index in [-0.39, 0.29) is 0 Å². The van der Waals surface area contributed by atoms with Gasteiger partial charge in [0.25, 0.3) is 0 Å². The monoisotopic (exact) mass is 270 g/mol. The van der Waals surface area contributed by atoms with Gasteiger partial charge in [-0.2, -0.15) is 0 Å². The smallest absolute Gasteiger partial charge is 0.323 e. The normalized spacial score (nSPS) is 24.1. The number of rotatable bonds is 8. The number of likely N-dealkylation sites (tertiary alicyclic amines) is 1. The molecule has 112 valence electrons. The van der Waals surface area contributed by atoms with Crippen molar-refractivity contribution >= 4 is 5.97 Å². The lowest BCUT2D eigenvalue weighted by Crippen LogP contribution is -2.48. The maximum Gasteiger partial charge on any atom is 0.323 e. The molecule has 19 heavy (non-hydrogen) atoms. The number of piperidine rings is 1. The fourth-order valence-electron chi connectivity index (χ4n) is 3.05. The predicted molar refractivity (Wildman–Crippen MR) is 78.2 cm³/mol. The summed E-state index contributed by atoms with van der Waals surface area (Å²) in [5.74, 6) is -0.862. The summed E-state index contributed by atoms with van der Waals surface area (Å²) in [6.07, 6.45) is 8.37. The highest BCUT2D eigenvalue weighted by Crippen LogP contribution is 2.22. The molecule has 0 aliphatic carbocycles. The van der Waals surface area contributed by atoms with Gasteiger partial charge in [0.05, 0.1) is 0 Å². The predicted octanol–water partition coefficient (Wildman–Crippen LogP) is 2.61. The summed E-state index contributed by atoms with van der Waals surface area (Å²) in [6, 6.07) is 0.706. The Hall–Kier alpha value is -0.610. The lowest BCUT2D eigenvalue weighted by Gasteiger charge is -2.36. The molecular formula is C15H30N2O2. The lowest BCUT2D eigenvalue weighted by atomic mass is 9.91. The highest BCUT2D eigenvalue weighted by atomic mass is 16.4. The van der Waals surface area contributed by atoms with Crippen molar-refractivity contribution in [1.29, 1.82) is 0 Å². The van der Waals surface area contributed by atoms with Crippen LogP contribution in [0.3, 0.4) is 0 Å². The lowest BCUT2D eigenvalue weighted by molar-refractivity contribution is -0.143. The van der Waals surface area contributed by atoms with E-state index in [1.807, 2.05) is 6.92 Å². The van der Waals surface area contributed by atoms with Crippen molar-refractivity contribution < 1.29 is 9.90 Å². The third-order valence-electron chi connectivity index (χ3n) is 4.50. The van der Waals surface area contributed by atoms with Crippen LogP contribution in [0.1, 0.15) is 65.2 Å². The molecule has 0 amide bonds. The average molecular weight is 270 g/mol. The molecule has 1 rings (SSSR count). The van der Waals surface area contributed by atoms with Crippen molar-refractivity contribution in [2.75, 3.05) is 13.1 Å². The van der Waals surface area contributed by atoms with Crippen LogP contribution in [0, 0.1) is 0 Å². The standard InChI is InChI=1S/C15H30N2O2/c1-3-8-13-9-5-6-11-17(13)12-7-10-15(16,4-2)14(18)19/h13H,3-12,16H2,1-2H3,(H,18,19). The van der Waals surface area contributed by atoms with E-state index in [4.69, 9.17) is 10.8 Å². The third-order valence-corrected chi connectivity index (χ3v) is 4.50. The number of hydrogen-bond acceptors (Lipinski definition) is 3. The van der Waals surface area contributed by atoms with Gasteiger partial charge in [0.1, 0.15) is 5.54 Å². The molecule has 3 N–H and O–H groups in total. The highest BCUT2D eigenvalue weighted by molar-refractivity contribution is 5.78. The van der Waals surface area contributed by atoms with Crippen LogP contribution in [0.4, 0.5) is 0 Å². The zero-order valence-electron chi connectivity index (χ0n) is 12.5. The van der Waals surface area contributed by atoms with Gasteiger partial charge in [0.15, 0.2) is 0 Å². The van der Waals surface area contributed by atoms with Gasteiger partial charge in [-0.15, -0.1) is 0 Å². The van der Waals surface area contributed by atoms with Gasteiger partial charge >= 0.3 is 5.97 Å². The minimum absolute atomic E-state index is 0.501. The number of carboxylic acids is 1. The summed E-state index contributed by atoms with van der Waals surface area (Å²) >= 11 is 0. The average Bonchev–Trinajstić information content (AvgIpc) is 2.40. The zero-order valence-corrected chi connectivity index (χ0v) is 12.5.